The van der Waals surface area contributed by atoms with E-state index in [1.807, 2.05) is 85.9 Å². The maximum Gasteiger partial charge on any atom is 0.492 e. The normalized spacial score (nSPS) is 18.7. The Kier molecular flexibility index (Phi) is 6.51. The van der Waals surface area contributed by atoms with Crippen LogP contribution in [0, 0.1) is 0 Å². The van der Waals surface area contributed by atoms with Crippen LogP contribution in [-0.2, 0) is 14.0 Å². The van der Waals surface area contributed by atoms with Gasteiger partial charge in [-0.25, -0.2) is 4.79 Å². The van der Waals surface area contributed by atoms with Crippen LogP contribution in [0.1, 0.15) is 54.0 Å². The number of carbonyl (C=O) groups excluding carboxylic acids is 1. The van der Waals surface area contributed by atoms with Crippen molar-refractivity contribution in [2.45, 2.75) is 65.3 Å². The summed E-state index contributed by atoms with van der Waals surface area (Å²) >= 11 is 0. The third kappa shape index (κ3) is 5.75. The third-order valence-electron chi connectivity index (χ3n) is 4.92. The highest BCUT2D eigenvalue weighted by molar-refractivity contribution is 6.56. The van der Waals surface area contributed by atoms with Crippen LogP contribution >= 0.6 is 0 Å². The number of rotatable bonds is 5. The second-order valence-electron chi connectivity index (χ2n) is 9.04. The van der Waals surface area contributed by atoms with E-state index in [1.54, 1.807) is 0 Å². The van der Waals surface area contributed by atoms with Crippen molar-refractivity contribution in [3.8, 4) is 0 Å². The van der Waals surface area contributed by atoms with Crippen molar-refractivity contribution in [3.63, 3.8) is 0 Å². The smallest absolute Gasteiger partial charge is 0.444 e. The zero-order valence-corrected chi connectivity index (χ0v) is 18.3. The molecule has 0 spiro atoms. The third-order valence-corrected chi connectivity index (χ3v) is 4.92. The van der Waals surface area contributed by atoms with Crippen molar-refractivity contribution in [1.82, 2.24) is 5.32 Å². The van der Waals surface area contributed by atoms with Gasteiger partial charge in [0, 0.05) is 19.3 Å². The molecular formula is C21H33BN2O4. The first kappa shape index (κ1) is 22.3. The van der Waals surface area contributed by atoms with E-state index in [4.69, 9.17) is 14.0 Å². The van der Waals surface area contributed by atoms with Gasteiger partial charge in [-0.15, -0.1) is 0 Å². The molecule has 1 amide bonds. The second-order valence-corrected chi connectivity index (χ2v) is 9.04. The number of hydrogen-bond acceptors (Lipinski definition) is 5. The predicted molar refractivity (Wildman–Crippen MR) is 114 cm³/mol. The maximum absolute atomic E-state index is 12.1. The molecule has 1 saturated heterocycles. The molecule has 2 N–H and O–H groups in total. The van der Waals surface area contributed by atoms with Crippen molar-refractivity contribution in [1.29, 1.82) is 0 Å². The molecule has 0 radical (unpaired) electrons. The molecule has 0 bridgehead atoms. The Bertz CT molecular complexity index is 722. The van der Waals surface area contributed by atoms with Gasteiger partial charge in [-0.3, -0.25) is 0 Å². The molecular weight excluding hydrogens is 355 g/mol. The molecule has 154 valence electrons. The molecule has 0 unspecified atom stereocenters. The highest BCUT2D eigenvalue weighted by atomic mass is 16.7. The van der Waals surface area contributed by atoms with Crippen molar-refractivity contribution in [3.05, 3.63) is 35.3 Å². The summed E-state index contributed by atoms with van der Waals surface area (Å²) in [6.45, 7) is 13.8. The summed E-state index contributed by atoms with van der Waals surface area (Å²) in [6.07, 6.45) is 1.51. The summed E-state index contributed by atoms with van der Waals surface area (Å²) in [4.78, 5) is 12.1. The molecule has 1 aliphatic heterocycles. The van der Waals surface area contributed by atoms with Crippen molar-refractivity contribution in [2.75, 3.05) is 18.9 Å². The van der Waals surface area contributed by atoms with Crippen LogP contribution < -0.4 is 10.6 Å². The number of nitrogens with one attached hydrogen (secondary N) is 2. The summed E-state index contributed by atoms with van der Waals surface area (Å²) in [5.74, 6) is 0. The van der Waals surface area contributed by atoms with Gasteiger partial charge in [0.2, 0.25) is 0 Å². The monoisotopic (exact) mass is 388 g/mol. The van der Waals surface area contributed by atoms with E-state index in [9.17, 15) is 4.79 Å². The molecule has 0 aromatic heterocycles. The lowest BCUT2D eigenvalue weighted by molar-refractivity contribution is 0.00578. The van der Waals surface area contributed by atoms with Gasteiger partial charge in [-0.1, -0.05) is 18.2 Å². The number of anilines is 1. The molecule has 1 heterocycles. The SMILES string of the molecule is CNc1cccc(C=C(CNC(=O)OC(C)(C)C)B2OC(C)(C)C(C)(C)O2)c1. The largest absolute Gasteiger partial charge is 0.492 e. The number of amides is 1. The number of hydrogen-bond donors (Lipinski definition) is 2. The molecule has 1 fully saturated rings. The average molecular weight is 388 g/mol. The fourth-order valence-corrected chi connectivity index (χ4v) is 2.68. The number of carbonyl (C=O) groups is 1. The van der Waals surface area contributed by atoms with Gasteiger partial charge in [-0.05, 0) is 71.6 Å². The van der Waals surface area contributed by atoms with Crippen LogP contribution in [-0.4, -0.2) is 43.6 Å². The molecule has 28 heavy (non-hydrogen) atoms. The van der Waals surface area contributed by atoms with Gasteiger partial charge in [-0.2, -0.15) is 0 Å². The standard InChI is InChI=1S/C21H33BN2O4/c1-19(2,3)26-18(25)24-14-16(12-15-10-9-11-17(13-15)23-8)22-27-20(4,5)21(6,7)28-22/h9-13,23H,14H2,1-8H3,(H,24,25). The lowest BCUT2D eigenvalue weighted by Gasteiger charge is -2.32. The summed E-state index contributed by atoms with van der Waals surface area (Å²) in [7, 11) is 1.32. The highest BCUT2D eigenvalue weighted by Crippen LogP contribution is 2.38. The van der Waals surface area contributed by atoms with Crippen molar-refractivity contribution < 1.29 is 18.8 Å². The second kappa shape index (κ2) is 8.17. The van der Waals surface area contributed by atoms with Gasteiger partial charge < -0.3 is 24.7 Å². The summed E-state index contributed by atoms with van der Waals surface area (Å²) in [6, 6.07) is 7.99. The topological polar surface area (TPSA) is 68.8 Å². The summed E-state index contributed by atoms with van der Waals surface area (Å²) in [5, 5.41) is 5.95. The van der Waals surface area contributed by atoms with Crippen LogP contribution in [0.5, 0.6) is 0 Å². The number of benzene rings is 1. The van der Waals surface area contributed by atoms with E-state index in [-0.39, 0.29) is 6.54 Å². The minimum absolute atomic E-state index is 0.259. The van der Waals surface area contributed by atoms with Crippen LogP contribution in [0.2, 0.25) is 0 Å². The molecule has 2 rings (SSSR count). The summed E-state index contributed by atoms with van der Waals surface area (Å²) < 4.78 is 17.7. The van der Waals surface area contributed by atoms with Crippen LogP contribution in [0.15, 0.2) is 29.7 Å². The van der Waals surface area contributed by atoms with Crippen molar-refractivity contribution >= 4 is 25.0 Å². The van der Waals surface area contributed by atoms with Crippen molar-refractivity contribution in [2.24, 2.45) is 0 Å². The maximum atomic E-state index is 12.1. The van der Waals surface area contributed by atoms with Gasteiger partial charge in [0.25, 0.3) is 0 Å². The van der Waals surface area contributed by atoms with E-state index >= 15 is 0 Å². The van der Waals surface area contributed by atoms with Crippen LogP contribution in [0.3, 0.4) is 0 Å². The van der Waals surface area contributed by atoms with Gasteiger partial charge in [0.15, 0.2) is 0 Å². The molecule has 0 aliphatic carbocycles. The molecule has 6 nitrogen and oxygen atoms in total. The van der Waals surface area contributed by atoms with E-state index in [1.165, 1.54) is 0 Å². The molecule has 7 heteroatoms. The van der Waals surface area contributed by atoms with Gasteiger partial charge >= 0.3 is 13.2 Å². The Balaban J connectivity index is 2.26. The Morgan fingerprint density at radius 1 is 1.18 bits per heavy atom. The number of ether oxygens (including phenoxy) is 1. The molecule has 1 aliphatic rings. The quantitative estimate of drug-likeness (QED) is 0.738. The summed E-state index contributed by atoms with van der Waals surface area (Å²) in [5.41, 5.74) is 1.33. The van der Waals surface area contributed by atoms with E-state index in [0.717, 1.165) is 16.7 Å². The Labute approximate surface area is 169 Å². The number of alkyl carbamates (subject to hydrolysis) is 1. The molecule has 0 atom stereocenters. The lowest BCUT2D eigenvalue weighted by atomic mass is 9.77. The lowest BCUT2D eigenvalue weighted by Crippen LogP contribution is -2.41. The molecule has 1 aromatic rings. The Hall–Kier alpha value is -1.99. The first-order chi connectivity index (χ1) is 12.8. The fourth-order valence-electron chi connectivity index (χ4n) is 2.68. The van der Waals surface area contributed by atoms with Gasteiger partial charge in [0.05, 0.1) is 11.2 Å². The fraction of sp³-hybridized carbons (Fsp3) is 0.571. The molecule has 0 saturated carbocycles. The van der Waals surface area contributed by atoms with E-state index < -0.39 is 30.0 Å². The van der Waals surface area contributed by atoms with Crippen LogP contribution in [0.4, 0.5) is 10.5 Å². The van der Waals surface area contributed by atoms with Crippen LogP contribution in [0.25, 0.3) is 6.08 Å². The Morgan fingerprint density at radius 2 is 1.79 bits per heavy atom. The minimum atomic E-state index is -0.557. The molecule has 1 aromatic carbocycles. The van der Waals surface area contributed by atoms with Gasteiger partial charge in [0.1, 0.15) is 5.60 Å². The Morgan fingerprint density at radius 3 is 2.32 bits per heavy atom. The van der Waals surface area contributed by atoms with E-state index in [2.05, 4.69) is 10.6 Å². The first-order valence-corrected chi connectivity index (χ1v) is 9.64. The zero-order chi connectivity index (χ0) is 21.2. The van der Waals surface area contributed by atoms with E-state index in [0.29, 0.717) is 0 Å². The first-order valence-electron chi connectivity index (χ1n) is 9.64. The minimum Gasteiger partial charge on any atom is -0.444 e. The average Bonchev–Trinajstić information content (AvgIpc) is 2.77. The predicted octanol–water partition coefficient (Wildman–Crippen LogP) is 4.27. The zero-order valence-electron chi connectivity index (χ0n) is 18.3. The highest BCUT2D eigenvalue weighted by Gasteiger charge is 2.52.